The van der Waals surface area contributed by atoms with Gasteiger partial charge in [-0.3, -0.25) is 0 Å². The van der Waals surface area contributed by atoms with E-state index in [1.807, 2.05) is 0 Å². The number of allylic oxidation sites excluding steroid dienone is 4. The van der Waals surface area contributed by atoms with E-state index >= 15 is 0 Å². The zero-order valence-corrected chi connectivity index (χ0v) is 11.5. The largest absolute Gasteiger partial charge is 0.136 e. The van der Waals surface area contributed by atoms with E-state index in [4.69, 9.17) is 81.2 Å². The van der Waals surface area contributed by atoms with Gasteiger partial charge in [-0.1, -0.05) is 46.4 Å². The molecule has 0 nitrogen and oxygen atoms in total. The SMILES string of the molecule is ClC1=C(Cl)C2(Cl)C(Cl)=C(Cl)C1(Cl)C2Cl. The lowest BCUT2D eigenvalue weighted by Gasteiger charge is -2.22. The molecule has 0 aromatic heterocycles. The standard InChI is InChI=1S/C7HCl7/c8-1-2(9)7(14)4(11)3(10)6(1,13)5(7)12/h5H. The quantitative estimate of drug-likeness (QED) is 0.550. The van der Waals surface area contributed by atoms with Crippen molar-refractivity contribution < 1.29 is 0 Å². The van der Waals surface area contributed by atoms with Gasteiger partial charge in [0.05, 0.1) is 25.5 Å². The summed E-state index contributed by atoms with van der Waals surface area (Å²) in [5.41, 5.74) is 0. The second kappa shape index (κ2) is 3.26. The first-order chi connectivity index (χ1) is 6.29. The third kappa shape index (κ3) is 1.02. The van der Waals surface area contributed by atoms with Crippen molar-refractivity contribution in [3.05, 3.63) is 20.1 Å². The zero-order valence-electron chi connectivity index (χ0n) is 6.22. The number of hydrogen-bond donors (Lipinski definition) is 0. The summed E-state index contributed by atoms with van der Waals surface area (Å²) in [7, 11) is 0. The van der Waals surface area contributed by atoms with E-state index in [0.29, 0.717) is 0 Å². The predicted molar refractivity (Wildman–Crippen MR) is 64.3 cm³/mol. The van der Waals surface area contributed by atoms with Gasteiger partial charge >= 0.3 is 0 Å². The highest BCUT2D eigenvalue weighted by Crippen LogP contribution is 2.68. The van der Waals surface area contributed by atoms with Crippen molar-refractivity contribution in [3.8, 4) is 0 Å². The van der Waals surface area contributed by atoms with Crippen LogP contribution in [0.15, 0.2) is 20.1 Å². The second-order valence-corrected chi connectivity index (χ2v) is 6.18. The van der Waals surface area contributed by atoms with Crippen LogP contribution < -0.4 is 0 Å². The van der Waals surface area contributed by atoms with Crippen LogP contribution in [-0.4, -0.2) is 15.1 Å². The Hall–Kier alpha value is 1.51. The molecule has 0 aromatic rings. The van der Waals surface area contributed by atoms with E-state index in [9.17, 15) is 0 Å². The van der Waals surface area contributed by atoms with Gasteiger partial charge < -0.3 is 0 Å². The smallest absolute Gasteiger partial charge is 0.117 e. The van der Waals surface area contributed by atoms with Gasteiger partial charge in [0.25, 0.3) is 0 Å². The number of halogens is 7. The van der Waals surface area contributed by atoms with Crippen molar-refractivity contribution in [2.45, 2.75) is 15.1 Å². The Labute approximate surface area is 116 Å². The number of rotatable bonds is 0. The molecule has 0 fully saturated rings. The highest BCUT2D eigenvalue weighted by atomic mass is 35.5. The molecule has 2 aliphatic carbocycles. The third-order valence-electron chi connectivity index (χ3n) is 2.36. The summed E-state index contributed by atoms with van der Waals surface area (Å²) in [4.78, 5) is -2.55. The summed E-state index contributed by atoms with van der Waals surface area (Å²) in [6, 6.07) is 0. The fourth-order valence-electron chi connectivity index (χ4n) is 1.55. The van der Waals surface area contributed by atoms with Gasteiger partial charge in [-0.2, -0.15) is 0 Å². The normalized spacial score (nSPS) is 46.9. The third-order valence-corrected chi connectivity index (χ3v) is 6.96. The maximum absolute atomic E-state index is 6.16. The summed E-state index contributed by atoms with van der Waals surface area (Å²) < 4.78 is 0. The zero-order chi connectivity index (χ0) is 10.9. The van der Waals surface area contributed by atoms with E-state index in [1.54, 1.807) is 0 Å². The number of hydrogen-bond acceptors (Lipinski definition) is 0. The summed E-state index contributed by atoms with van der Waals surface area (Å²) in [6.07, 6.45) is 0. The van der Waals surface area contributed by atoms with Crippen molar-refractivity contribution >= 4 is 81.2 Å². The number of alkyl halides is 3. The van der Waals surface area contributed by atoms with Crippen molar-refractivity contribution in [2.24, 2.45) is 0 Å². The van der Waals surface area contributed by atoms with Crippen molar-refractivity contribution in [1.29, 1.82) is 0 Å². The highest BCUT2D eigenvalue weighted by Gasteiger charge is 2.69. The van der Waals surface area contributed by atoms with Gasteiger partial charge in [0.1, 0.15) is 9.75 Å². The molecule has 0 saturated carbocycles. The van der Waals surface area contributed by atoms with Crippen LogP contribution in [0.25, 0.3) is 0 Å². The molecule has 0 aliphatic heterocycles. The van der Waals surface area contributed by atoms with Gasteiger partial charge in [0, 0.05) is 0 Å². The van der Waals surface area contributed by atoms with Crippen molar-refractivity contribution in [2.75, 3.05) is 0 Å². The predicted octanol–water partition coefficient (Wildman–Crippen LogP) is 4.95. The maximum Gasteiger partial charge on any atom is 0.136 e. The Morgan fingerprint density at radius 3 is 1.07 bits per heavy atom. The monoisotopic (exact) mass is 330 g/mol. The highest BCUT2D eigenvalue weighted by molar-refractivity contribution is 6.63. The minimum absolute atomic E-state index is 0.144. The first kappa shape index (κ1) is 12.0. The average molecular weight is 333 g/mol. The Balaban J connectivity index is 2.75. The van der Waals surface area contributed by atoms with Crippen LogP contribution in [0.5, 0.6) is 0 Å². The molecule has 0 saturated heterocycles. The molecule has 0 unspecified atom stereocenters. The lowest BCUT2D eigenvalue weighted by molar-refractivity contribution is 0.779. The second-order valence-electron chi connectivity index (χ2n) is 3.04. The minimum atomic E-state index is -1.28. The molecule has 2 bridgehead atoms. The Morgan fingerprint density at radius 1 is 0.714 bits per heavy atom. The summed E-state index contributed by atoms with van der Waals surface area (Å²) in [5, 5.41) is -0.204. The molecular formula is C7HCl7. The lowest BCUT2D eigenvalue weighted by atomic mass is 10.1. The average Bonchev–Trinajstić information content (AvgIpc) is 2.37. The summed E-state index contributed by atoms with van der Waals surface area (Å²) in [5.74, 6) is 0. The molecule has 0 radical (unpaired) electrons. The van der Waals surface area contributed by atoms with Gasteiger partial charge in [-0.25, -0.2) is 0 Å². The minimum Gasteiger partial charge on any atom is -0.117 e. The Morgan fingerprint density at radius 2 is 0.929 bits per heavy atom. The molecule has 0 amide bonds. The maximum atomic E-state index is 6.16. The van der Waals surface area contributed by atoms with Crippen LogP contribution in [-0.2, 0) is 0 Å². The number of fused-ring (bicyclic) bond motifs is 2. The van der Waals surface area contributed by atoms with Gasteiger partial charge in [-0.05, 0) is 0 Å². The van der Waals surface area contributed by atoms with E-state index < -0.39 is 15.1 Å². The van der Waals surface area contributed by atoms with Crippen molar-refractivity contribution in [3.63, 3.8) is 0 Å². The Bertz CT molecular complexity index is 319. The first-order valence-corrected chi connectivity index (χ1v) is 6.13. The van der Waals surface area contributed by atoms with Crippen molar-refractivity contribution in [1.82, 2.24) is 0 Å². The van der Waals surface area contributed by atoms with Crippen LogP contribution >= 0.6 is 81.2 Å². The van der Waals surface area contributed by atoms with Crippen LogP contribution in [0.1, 0.15) is 0 Å². The summed E-state index contributed by atoms with van der Waals surface area (Å²) in [6.45, 7) is 0. The fraction of sp³-hybridized carbons (Fsp3) is 0.429. The molecule has 0 aromatic carbocycles. The topological polar surface area (TPSA) is 0 Å². The van der Waals surface area contributed by atoms with Crippen LogP contribution in [0.4, 0.5) is 0 Å². The van der Waals surface area contributed by atoms with Gasteiger partial charge in [-0.15, -0.1) is 34.8 Å². The van der Waals surface area contributed by atoms with E-state index in [0.717, 1.165) is 0 Å². The van der Waals surface area contributed by atoms with Gasteiger partial charge in [0.15, 0.2) is 0 Å². The molecule has 14 heavy (non-hydrogen) atoms. The molecule has 78 valence electrons. The van der Waals surface area contributed by atoms with Crippen LogP contribution in [0, 0.1) is 0 Å². The van der Waals surface area contributed by atoms with Crippen LogP contribution in [0.3, 0.4) is 0 Å². The van der Waals surface area contributed by atoms with Gasteiger partial charge in [0.2, 0.25) is 0 Å². The van der Waals surface area contributed by atoms with E-state index in [-0.39, 0.29) is 20.1 Å². The molecular weight excluding hydrogens is 332 g/mol. The molecule has 2 rings (SSSR count). The molecule has 0 atom stereocenters. The molecule has 7 heteroatoms. The first-order valence-electron chi connectivity index (χ1n) is 3.43. The Kier molecular flexibility index (Phi) is 2.79. The van der Waals surface area contributed by atoms with E-state index in [1.165, 1.54) is 0 Å². The molecule has 2 aliphatic rings. The summed E-state index contributed by atoms with van der Waals surface area (Å²) >= 11 is 42.0. The van der Waals surface area contributed by atoms with E-state index in [2.05, 4.69) is 0 Å². The molecule has 0 heterocycles. The lowest BCUT2D eigenvalue weighted by Crippen LogP contribution is -2.34. The van der Waals surface area contributed by atoms with Crippen LogP contribution in [0.2, 0.25) is 0 Å². The fourth-order valence-corrected chi connectivity index (χ4v) is 4.67. The molecule has 0 N–H and O–H groups in total. The molecule has 0 spiro atoms.